The molecule has 1 heterocycles. The number of aromatic nitrogens is 1. The smallest absolute Gasteiger partial charge is 0.0817 e. The predicted molar refractivity (Wildman–Crippen MR) is 236 cm³/mol. The van der Waals surface area contributed by atoms with Crippen LogP contribution in [0.3, 0.4) is 0 Å². The van der Waals surface area contributed by atoms with Gasteiger partial charge in [0.1, 0.15) is 0 Å². The number of rotatable bonds is 8. The highest BCUT2D eigenvalue weighted by atomic mass is 15.0. The van der Waals surface area contributed by atoms with Gasteiger partial charge in [0.25, 0.3) is 0 Å². The minimum absolute atomic E-state index is 0.110. The molecule has 0 bridgehead atoms. The average Bonchev–Trinajstić information content (AvgIpc) is 3.70. The van der Waals surface area contributed by atoms with Crippen molar-refractivity contribution >= 4 is 38.7 Å². The van der Waals surface area contributed by atoms with E-state index in [1.807, 2.05) is 18.2 Å². The van der Waals surface area contributed by atoms with Crippen LogP contribution in [-0.4, -0.2) is 4.57 Å². The molecule has 0 spiro atoms. The number of nitrogens with zero attached hydrogens (tertiary/aromatic N) is 1. The minimum Gasteiger partial charge on any atom is -0.312 e. The molecular weight excluding hydrogens is 679 g/mol. The largest absolute Gasteiger partial charge is 0.312 e. The van der Waals surface area contributed by atoms with Crippen molar-refractivity contribution in [2.75, 3.05) is 0 Å². The van der Waals surface area contributed by atoms with Crippen LogP contribution in [0.5, 0.6) is 0 Å². The Morgan fingerprint density at radius 1 is 0.571 bits per heavy atom. The molecule has 3 N–H and O–H groups in total. The molecule has 56 heavy (non-hydrogen) atoms. The summed E-state index contributed by atoms with van der Waals surface area (Å²) in [5.74, 6) is 0. The molecule has 2 atom stereocenters. The van der Waals surface area contributed by atoms with E-state index in [1.54, 1.807) is 0 Å². The van der Waals surface area contributed by atoms with Gasteiger partial charge < -0.3 is 10.3 Å². The molecule has 0 saturated carbocycles. The third-order valence-electron chi connectivity index (χ3n) is 11.9. The van der Waals surface area contributed by atoms with E-state index >= 15 is 0 Å². The van der Waals surface area contributed by atoms with E-state index < -0.39 is 0 Å². The Balaban J connectivity index is 1.11. The van der Waals surface area contributed by atoms with Gasteiger partial charge in [0, 0.05) is 21.9 Å². The summed E-state index contributed by atoms with van der Waals surface area (Å²) >= 11 is 0. The van der Waals surface area contributed by atoms with Crippen LogP contribution in [0, 0.1) is 0 Å². The molecule has 3 heteroatoms. The Hall–Kier alpha value is -6.52. The highest BCUT2D eigenvalue weighted by Gasteiger charge is 2.36. The molecule has 0 aliphatic heterocycles. The Morgan fingerprint density at radius 3 is 2.07 bits per heavy atom. The third-order valence-corrected chi connectivity index (χ3v) is 11.9. The van der Waals surface area contributed by atoms with Gasteiger partial charge in [0.2, 0.25) is 0 Å². The Labute approximate surface area is 328 Å². The first kappa shape index (κ1) is 34.0. The topological polar surface area (TPSA) is 43.0 Å². The first-order chi connectivity index (χ1) is 27.5. The first-order valence-electron chi connectivity index (χ1n) is 19.6. The maximum Gasteiger partial charge on any atom is 0.0817 e. The van der Waals surface area contributed by atoms with Gasteiger partial charge in [-0.15, -0.1) is 0 Å². The molecule has 270 valence electrons. The van der Waals surface area contributed by atoms with Crippen LogP contribution in [0.2, 0.25) is 0 Å². The van der Waals surface area contributed by atoms with Gasteiger partial charge in [-0.2, -0.15) is 0 Å². The number of benzene rings is 8. The number of fused-ring (bicyclic) bond motifs is 7. The van der Waals surface area contributed by atoms with E-state index in [9.17, 15) is 0 Å². The SMILES string of the molecule is CC1(C)c2cc3ccccc3cc2-c2c(/C=C/C(NC(N)c3ccccc3)c3ccccc3-c3ccc4c(c3)c3ccccc3n4-c3ccccc3)cccc21. The van der Waals surface area contributed by atoms with Gasteiger partial charge in [-0.3, -0.25) is 5.32 Å². The highest BCUT2D eigenvalue weighted by Crippen LogP contribution is 2.51. The average molecular weight is 722 g/mol. The van der Waals surface area contributed by atoms with Gasteiger partial charge in [0.15, 0.2) is 0 Å². The number of para-hydroxylation sites is 2. The summed E-state index contributed by atoms with van der Waals surface area (Å²) in [7, 11) is 0. The van der Waals surface area contributed by atoms with Crippen molar-refractivity contribution in [3.05, 3.63) is 216 Å². The van der Waals surface area contributed by atoms with Crippen LogP contribution in [0.15, 0.2) is 188 Å². The van der Waals surface area contributed by atoms with Crippen LogP contribution in [0.1, 0.15) is 53.9 Å². The standard InChI is InChI=1S/C53H43N3/c1-53(2)46-26-15-20-35(51(46)45-32-37-18-9-10-19-38(37)34-47(45)53)28-30-48(55-52(54)36-16-5-3-6-17-36)42-24-12-11-23-41(42)39-29-31-50-44(33-39)43-25-13-14-27-49(43)56(50)40-21-7-4-8-22-40/h3-34,48,52,55H,54H2,1-2H3/b30-28+. The van der Waals surface area contributed by atoms with Crippen molar-refractivity contribution in [3.63, 3.8) is 0 Å². The highest BCUT2D eigenvalue weighted by molar-refractivity contribution is 6.10. The normalized spacial score (nSPS) is 14.3. The van der Waals surface area contributed by atoms with Crippen molar-refractivity contribution < 1.29 is 0 Å². The second-order valence-corrected chi connectivity index (χ2v) is 15.5. The summed E-state index contributed by atoms with van der Waals surface area (Å²) in [5.41, 5.74) is 21.5. The molecule has 1 aromatic heterocycles. The summed E-state index contributed by atoms with van der Waals surface area (Å²) in [6.45, 7) is 4.71. The maximum absolute atomic E-state index is 6.98. The minimum atomic E-state index is -0.377. The molecule has 1 aliphatic rings. The van der Waals surface area contributed by atoms with Gasteiger partial charge in [-0.25, -0.2) is 0 Å². The van der Waals surface area contributed by atoms with Crippen molar-refractivity contribution in [2.45, 2.75) is 31.5 Å². The number of nitrogens with two attached hydrogens (primary N) is 1. The van der Waals surface area contributed by atoms with Crippen LogP contribution < -0.4 is 11.1 Å². The number of nitrogens with one attached hydrogen (secondary N) is 1. The second-order valence-electron chi connectivity index (χ2n) is 15.5. The third kappa shape index (κ3) is 5.67. The molecule has 0 saturated heterocycles. The molecular formula is C53H43N3. The van der Waals surface area contributed by atoms with Crippen molar-refractivity contribution in [1.82, 2.24) is 9.88 Å². The Kier molecular flexibility index (Phi) is 8.29. The Morgan fingerprint density at radius 2 is 1.25 bits per heavy atom. The molecule has 3 nitrogen and oxygen atoms in total. The van der Waals surface area contributed by atoms with Gasteiger partial charge in [-0.05, 0) is 103 Å². The Bertz CT molecular complexity index is 2940. The van der Waals surface area contributed by atoms with Gasteiger partial charge >= 0.3 is 0 Å². The monoisotopic (exact) mass is 721 g/mol. The lowest BCUT2D eigenvalue weighted by Gasteiger charge is -2.24. The molecule has 1 aliphatic carbocycles. The van der Waals surface area contributed by atoms with E-state index in [-0.39, 0.29) is 17.6 Å². The van der Waals surface area contributed by atoms with Crippen molar-refractivity contribution in [2.24, 2.45) is 5.73 Å². The quantitative estimate of drug-likeness (QED) is 0.153. The van der Waals surface area contributed by atoms with Crippen LogP contribution >= 0.6 is 0 Å². The zero-order valence-electron chi connectivity index (χ0n) is 31.7. The fourth-order valence-corrected chi connectivity index (χ4v) is 9.07. The summed E-state index contributed by atoms with van der Waals surface area (Å²) < 4.78 is 2.37. The molecule has 2 unspecified atom stereocenters. The summed E-state index contributed by atoms with van der Waals surface area (Å²) in [6, 6.07) is 65.4. The van der Waals surface area contributed by atoms with E-state index in [2.05, 4.69) is 200 Å². The van der Waals surface area contributed by atoms with E-state index in [0.717, 1.165) is 11.3 Å². The van der Waals surface area contributed by atoms with Gasteiger partial charge in [0.05, 0.1) is 23.2 Å². The van der Waals surface area contributed by atoms with Crippen LogP contribution in [0.25, 0.3) is 66.6 Å². The number of hydrogen-bond donors (Lipinski definition) is 2. The lowest BCUT2D eigenvalue weighted by molar-refractivity contribution is 0.510. The molecule has 0 radical (unpaired) electrons. The van der Waals surface area contributed by atoms with Crippen LogP contribution in [0.4, 0.5) is 0 Å². The number of hydrogen-bond acceptors (Lipinski definition) is 2. The molecule has 0 amide bonds. The molecule has 10 rings (SSSR count). The van der Waals surface area contributed by atoms with Gasteiger partial charge in [-0.1, -0.05) is 166 Å². The van der Waals surface area contributed by atoms with E-state index in [1.165, 1.54) is 77.1 Å². The molecule has 0 fully saturated rings. The van der Waals surface area contributed by atoms with Crippen molar-refractivity contribution in [1.29, 1.82) is 0 Å². The van der Waals surface area contributed by atoms with E-state index in [4.69, 9.17) is 5.73 Å². The second kappa shape index (κ2) is 13.6. The first-order valence-corrected chi connectivity index (χ1v) is 19.6. The lowest BCUT2D eigenvalue weighted by Crippen LogP contribution is -2.31. The summed E-state index contributed by atoms with van der Waals surface area (Å²) in [6.07, 6.45) is 4.24. The summed E-state index contributed by atoms with van der Waals surface area (Å²) in [4.78, 5) is 0. The lowest BCUT2D eigenvalue weighted by atomic mass is 9.81. The van der Waals surface area contributed by atoms with Crippen molar-refractivity contribution in [3.8, 4) is 27.9 Å². The summed E-state index contributed by atoms with van der Waals surface area (Å²) in [5, 5.41) is 8.85. The molecule has 9 aromatic rings. The van der Waals surface area contributed by atoms with E-state index in [0.29, 0.717) is 0 Å². The zero-order chi connectivity index (χ0) is 37.8. The predicted octanol–water partition coefficient (Wildman–Crippen LogP) is 12.9. The molecule has 8 aromatic carbocycles. The fraction of sp³-hybridized carbons (Fsp3) is 0.0943. The fourth-order valence-electron chi connectivity index (χ4n) is 9.07. The maximum atomic E-state index is 6.98. The van der Waals surface area contributed by atoms with Crippen LogP contribution in [-0.2, 0) is 5.41 Å². The zero-order valence-corrected chi connectivity index (χ0v) is 31.7.